The zero-order chi connectivity index (χ0) is 13.7. The molecule has 0 aromatic heterocycles. The third kappa shape index (κ3) is 3.89. The monoisotopic (exact) mass is 272 g/mol. The van der Waals surface area contributed by atoms with Crippen LogP contribution >= 0.6 is 7.92 Å². The average Bonchev–Trinajstić information content (AvgIpc) is 2.43. The molecule has 2 rings (SSSR count). The van der Waals surface area contributed by atoms with E-state index in [1.54, 1.807) is 7.11 Å². The van der Waals surface area contributed by atoms with Crippen LogP contribution in [0.1, 0.15) is 11.1 Å². The summed E-state index contributed by atoms with van der Waals surface area (Å²) in [4.78, 5) is 0. The second-order valence-corrected chi connectivity index (χ2v) is 7.15. The lowest BCUT2D eigenvalue weighted by Crippen LogP contribution is -2.16. The summed E-state index contributed by atoms with van der Waals surface area (Å²) < 4.78 is 5.28. The second-order valence-electron chi connectivity index (χ2n) is 4.82. The van der Waals surface area contributed by atoms with Crippen LogP contribution in [0, 0.1) is 13.8 Å². The van der Waals surface area contributed by atoms with Gasteiger partial charge in [0.15, 0.2) is 0 Å². The molecule has 0 saturated heterocycles. The van der Waals surface area contributed by atoms with Gasteiger partial charge in [-0.15, -0.1) is 0 Å². The van der Waals surface area contributed by atoms with Crippen LogP contribution in [0.15, 0.2) is 48.5 Å². The molecule has 0 bridgehead atoms. The molecule has 100 valence electrons. The van der Waals surface area contributed by atoms with Crippen molar-refractivity contribution in [2.24, 2.45) is 0 Å². The van der Waals surface area contributed by atoms with Gasteiger partial charge >= 0.3 is 0 Å². The summed E-state index contributed by atoms with van der Waals surface area (Å²) in [6.45, 7) is 5.08. The van der Waals surface area contributed by atoms with Gasteiger partial charge < -0.3 is 4.74 Å². The summed E-state index contributed by atoms with van der Waals surface area (Å²) in [6, 6.07) is 17.8. The first kappa shape index (κ1) is 14.2. The van der Waals surface area contributed by atoms with Crippen molar-refractivity contribution in [3.63, 3.8) is 0 Å². The highest BCUT2D eigenvalue weighted by Gasteiger charge is 2.13. The number of methoxy groups -OCH3 is 1. The standard InChI is InChI=1S/C17H21OP/c1-14-4-8-16(9-5-14)19(13-12-18-3)17-10-6-15(2)7-11-17/h4-11H,12-13H2,1-3H3. The molecule has 0 aliphatic carbocycles. The summed E-state index contributed by atoms with van der Waals surface area (Å²) in [5.74, 6) is 0. The van der Waals surface area contributed by atoms with Crippen LogP contribution in [0.3, 0.4) is 0 Å². The van der Waals surface area contributed by atoms with Gasteiger partial charge in [0.25, 0.3) is 0 Å². The van der Waals surface area contributed by atoms with E-state index in [9.17, 15) is 0 Å². The minimum atomic E-state index is -0.307. The van der Waals surface area contributed by atoms with E-state index in [-0.39, 0.29) is 7.92 Å². The van der Waals surface area contributed by atoms with Crippen molar-refractivity contribution in [3.8, 4) is 0 Å². The Bertz CT molecular complexity index is 456. The van der Waals surface area contributed by atoms with Gasteiger partial charge in [0, 0.05) is 7.11 Å². The summed E-state index contributed by atoms with van der Waals surface area (Å²) >= 11 is 0. The van der Waals surface area contributed by atoms with Gasteiger partial charge in [-0.2, -0.15) is 0 Å². The molecular weight excluding hydrogens is 251 g/mol. The summed E-state index contributed by atoms with van der Waals surface area (Å²) in [6.07, 6.45) is 1.08. The van der Waals surface area contributed by atoms with Crippen molar-refractivity contribution >= 4 is 18.5 Å². The van der Waals surface area contributed by atoms with E-state index in [0.29, 0.717) is 0 Å². The maximum atomic E-state index is 5.28. The Morgan fingerprint density at radius 1 is 0.789 bits per heavy atom. The van der Waals surface area contributed by atoms with E-state index in [1.807, 2.05) is 0 Å². The van der Waals surface area contributed by atoms with Gasteiger partial charge in [0.1, 0.15) is 0 Å². The molecule has 0 heterocycles. The van der Waals surface area contributed by atoms with Gasteiger partial charge in [-0.25, -0.2) is 0 Å². The van der Waals surface area contributed by atoms with Crippen LogP contribution < -0.4 is 10.6 Å². The SMILES string of the molecule is COCCP(c1ccc(C)cc1)c1ccc(C)cc1. The van der Waals surface area contributed by atoms with Crippen LogP contribution in [0.4, 0.5) is 0 Å². The molecular formula is C17H21OP. The average molecular weight is 272 g/mol. The molecule has 2 aromatic carbocycles. The lowest BCUT2D eigenvalue weighted by atomic mass is 10.2. The molecule has 0 atom stereocenters. The van der Waals surface area contributed by atoms with E-state index in [1.165, 1.54) is 21.7 Å². The fourth-order valence-corrected chi connectivity index (χ4v) is 4.24. The van der Waals surface area contributed by atoms with E-state index in [0.717, 1.165) is 12.8 Å². The first-order valence-electron chi connectivity index (χ1n) is 6.60. The maximum Gasteiger partial charge on any atom is 0.0507 e. The third-order valence-corrected chi connectivity index (χ3v) is 5.68. The van der Waals surface area contributed by atoms with Crippen molar-refractivity contribution in [3.05, 3.63) is 59.7 Å². The predicted molar refractivity (Wildman–Crippen MR) is 85.3 cm³/mol. The van der Waals surface area contributed by atoms with Crippen molar-refractivity contribution in [2.45, 2.75) is 13.8 Å². The predicted octanol–water partition coefficient (Wildman–Crippen LogP) is 3.38. The van der Waals surface area contributed by atoms with Gasteiger partial charge in [0.2, 0.25) is 0 Å². The normalized spacial score (nSPS) is 10.9. The van der Waals surface area contributed by atoms with E-state index in [4.69, 9.17) is 4.74 Å². The second kappa shape index (κ2) is 6.84. The highest BCUT2D eigenvalue weighted by Crippen LogP contribution is 2.33. The summed E-state index contributed by atoms with van der Waals surface area (Å²) in [5.41, 5.74) is 2.63. The highest BCUT2D eigenvalue weighted by atomic mass is 31.1. The molecule has 0 N–H and O–H groups in total. The molecule has 0 amide bonds. The molecule has 2 heteroatoms. The molecule has 19 heavy (non-hydrogen) atoms. The number of rotatable bonds is 5. The molecule has 0 fully saturated rings. The molecule has 0 spiro atoms. The quantitative estimate of drug-likeness (QED) is 0.758. The molecule has 0 saturated carbocycles. The smallest absolute Gasteiger partial charge is 0.0507 e. The molecule has 2 aromatic rings. The van der Waals surface area contributed by atoms with Crippen LogP contribution in [-0.4, -0.2) is 19.9 Å². The molecule has 0 aliphatic heterocycles. The van der Waals surface area contributed by atoms with Crippen molar-refractivity contribution in [1.82, 2.24) is 0 Å². The lowest BCUT2D eigenvalue weighted by Gasteiger charge is -2.18. The van der Waals surface area contributed by atoms with Crippen molar-refractivity contribution < 1.29 is 4.74 Å². The Balaban J connectivity index is 2.29. The summed E-state index contributed by atoms with van der Waals surface area (Å²) in [7, 11) is 1.47. The number of hydrogen-bond acceptors (Lipinski definition) is 1. The third-order valence-electron chi connectivity index (χ3n) is 3.21. The number of aryl methyl sites for hydroxylation is 2. The van der Waals surface area contributed by atoms with E-state index < -0.39 is 0 Å². The summed E-state index contributed by atoms with van der Waals surface area (Å²) in [5, 5.41) is 2.86. The Morgan fingerprint density at radius 3 is 1.58 bits per heavy atom. The van der Waals surface area contributed by atoms with Gasteiger partial charge in [-0.3, -0.25) is 0 Å². The largest absolute Gasteiger partial charge is 0.384 e. The maximum absolute atomic E-state index is 5.28. The molecule has 0 aliphatic rings. The first-order chi connectivity index (χ1) is 9.20. The Kier molecular flexibility index (Phi) is 5.13. The molecule has 0 unspecified atom stereocenters. The van der Waals surface area contributed by atoms with Gasteiger partial charge in [-0.05, 0) is 38.5 Å². The number of benzene rings is 2. The number of ether oxygens (including phenoxy) is 1. The minimum absolute atomic E-state index is 0.307. The van der Waals surface area contributed by atoms with Gasteiger partial charge in [-0.1, -0.05) is 59.7 Å². The van der Waals surface area contributed by atoms with Gasteiger partial charge in [0.05, 0.1) is 6.61 Å². The Hall–Kier alpha value is -1.17. The zero-order valence-electron chi connectivity index (χ0n) is 11.9. The topological polar surface area (TPSA) is 9.23 Å². The molecule has 0 radical (unpaired) electrons. The van der Waals surface area contributed by atoms with Crippen LogP contribution in [0.5, 0.6) is 0 Å². The van der Waals surface area contributed by atoms with Crippen LogP contribution in [0.2, 0.25) is 0 Å². The van der Waals surface area contributed by atoms with Crippen molar-refractivity contribution in [2.75, 3.05) is 19.9 Å². The molecule has 1 nitrogen and oxygen atoms in total. The fraction of sp³-hybridized carbons (Fsp3) is 0.294. The van der Waals surface area contributed by atoms with Crippen LogP contribution in [0.25, 0.3) is 0 Å². The Labute approximate surface area is 117 Å². The lowest BCUT2D eigenvalue weighted by molar-refractivity contribution is 0.218. The Morgan fingerprint density at radius 2 is 1.21 bits per heavy atom. The van der Waals surface area contributed by atoms with E-state index in [2.05, 4.69) is 62.4 Å². The van der Waals surface area contributed by atoms with E-state index >= 15 is 0 Å². The zero-order valence-corrected chi connectivity index (χ0v) is 12.8. The highest BCUT2D eigenvalue weighted by molar-refractivity contribution is 7.73. The number of hydrogen-bond donors (Lipinski definition) is 0. The first-order valence-corrected chi connectivity index (χ1v) is 8.13. The minimum Gasteiger partial charge on any atom is -0.384 e. The fourth-order valence-electron chi connectivity index (χ4n) is 2.04. The van der Waals surface area contributed by atoms with Crippen molar-refractivity contribution in [1.29, 1.82) is 0 Å². The van der Waals surface area contributed by atoms with Crippen LogP contribution in [-0.2, 0) is 4.74 Å².